The van der Waals surface area contributed by atoms with Gasteiger partial charge in [-0.2, -0.15) is 13.2 Å². The Hall–Kier alpha value is -2.90. The first kappa shape index (κ1) is 14.1. The highest BCUT2D eigenvalue weighted by atomic mass is 19.4. The maximum atomic E-state index is 13.0. The second kappa shape index (κ2) is 4.83. The van der Waals surface area contributed by atoms with Crippen LogP contribution in [0, 0.1) is 0 Å². The van der Waals surface area contributed by atoms with Crippen LogP contribution < -0.4 is 5.56 Å². The Labute approximate surface area is 121 Å². The summed E-state index contributed by atoms with van der Waals surface area (Å²) in [7, 11) is 0. The summed E-state index contributed by atoms with van der Waals surface area (Å²) in [6.45, 7) is 0. The van der Waals surface area contributed by atoms with E-state index in [0.29, 0.717) is 0 Å². The van der Waals surface area contributed by atoms with Gasteiger partial charge in [0.25, 0.3) is 5.56 Å². The Morgan fingerprint density at radius 1 is 1.18 bits per heavy atom. The molecule has 0 amide bonds. The summed E-state index contributed by atoms with van der Waals surface area (Å²) in [5.74, 6) is -0.296. The molecule has 0 aromatic carbocycles. The Morgan fingerprint density at radius 2 is 1.95 bits per heavy atom. The normalized spacial score (nSPS) is 11.8. The van der Waals surface area contributed by atoms with Gasteiger partial charge in [-0.15, -0.1) is 0 Å². The average molecular weight is 307 g/mol. The zero-order valence-electron chi connectivity index (χ0n) is 10.8. The first-order chi connectivity index (χ1) is 10.4. The number of nitrogens with one attached hydrogen (secondary N) is 1. The van der Waals surface area contributed by atoms with Gasteiger partial charge in [-0.05, 0) is 24.3 Å². The number of alkyl halides is 3. The van der Waals surface area contributed by atoms with Crippen LogP contribution in [-0.4, -0.2) is 20.1 Å². The van der Waals surface area contributed by atoms with Crippen molar-refractivity contribution in [1.29, 1.82) is 0 Å². The fourth-order valence-electron chi connectivity index (χ4n) is 2.09. The van der Waals surface area contributed by atoms with Crippen molar-refractivity contribution in [2.24, 2.45) is 0 Å². The van der Waals surface area contributed by atoms with Crippen LogP contribution in [0.2, 0.25) is 0 Å². The van der Waals surface area contributed by atoms with E-state index in [2.05, 4.69) is 15.0 Å². The van der Waals surface area contributed by atoms with Crippen LogP contribution in [-0.2, 0) is 6.18 Å². The van der Waals surface area contributed by atoms with Gasteiger partial charge in [0.2, 0.25) is 0 Å². The number of aromatic nitrogens is 3. The second-order valence-corrected chi connectivity index (χ2v) is 4.51. The maximum absolute atomic E-state index is 13.0. The molecule has 0 saturated carbocycles. The van der Waals surface area contributed by atoms with E-state index in [0.717, 1.165) is 12.1 Å². The van der Waals surface area contributed by atoms with Gasteiger partial charge in [0.05, 0.1) is 16.6 Å². The van der Waals surface area contributed by atoms with Crippen molar-refractivity contribution in [3.63, 3.8) is 0 Å². The van der Waals surface area contributed by atoms with Crippen molar-refractivity contribution in [3.8, 4) is 17.1 Å². The van der Waals surface area contributed by atoms with Gasteiger partial charge in [0, 0.05) is 12.3 Å². The van der Waals surface area contributed by atoms with Crippen LogP contribution in [0.1, 0.15) is 5.56 Å². The molecule has 0 fully saturated rings. The quantitative estimate of drug-likeness (QED) is 0.724. The first-order valence-electron chi connectivity index (χ1n) is 6.12. The summed E-state index contributed by atoms with van der Waals surface area (Å²) < 4.78 is 39.0. The van der Waals surface area contributed by atoms with E-state index < -0.39 is 17.3 Å². The molecule has 0 radical (unpaired) electrons. The number of hydrogen-bond acceptors (Lipinski definition) is 4. The summed E-state index contributed by atoms with van der Waals surface area (Å²) in [5.41, 5.74) is -1.94. The van der Waals surface area contributed by atoms with Gasteiger partial charge in [-0.3, -0.25) is 9.78 Å². The van der Waals surface area contributed by atoms with E-state index in [9.17, 15) is 23.1 Å². The molecular weight excluding hydrogens is 299 g/mol. The molecule has 112 valence electrons. The fraction of sp³-hybridized carbons (Fsp3) is 0.0714. The SMILES string of the molecule is O=c1cc(O)c2ccc(-c3ncccc3C(F)(F)F)nc2[nH]1. The first-order valence-corrected chi connectivity index (χ1v) is 6.12. The van der Waals surface area contributed by atoms with Gasteiger partial charge in [-0.25, -0.2) is 4.98 Å². The Morgan fingerprint density at radius 3 is 2.68 bits per heavy atom. The maximum Gasteiger partial charge on any atom is 0.418 e. The van der Waals surface area contributed by atoms with Crippen molar-refractivity contribution in [3.05, 3.63) is 52.4 Å². The molecule has 3 aromatic rings. The fourth-order valence-corrected chi connectivity index (χ4v) is 2.09. The minimum absolute atomic E-state index is 0.0127. The summed E-state index contributed by atoms with van der Waals surface area (Å²) >= 11 is 0. The monoisotopic (exact) mass is 307 g/mol. The lowest BCUT2D eigenvalue weighted by molar-refractivity contribution is -0.137. The van der Waals surface area contributed by atoms with E-state index >= 15 is 0 Å². The minimum Gasteiger partial charge on any atom is -0.507 e. The van der Waals surface area contributed by atoms with Crippen LogP contribution in [0.3, 0.4) is 0 Å². The highest BCUT2D eigenvalue weighted by Gasteiger charge is 2.34. The standard InChI is InChI=1S/C14H8F3N3O2/c15-14(16,17)8-2-1-5-18-12(8)9-4-3-7-10(21)6-11(22)20-13(7)19-9/h1-6H,(H2,19,20,21,22). The van der Waals surface area contributed by atoms with Crippen LogP contribution >= 0.6 is 0 Å². The number of fused-ring (bicyclic) bond motifs is 1. The molecule has 0 atom stereocenters. The molecule has 22 heavy (non-hydrogen) atoms. The summed E-state index contributed by atoms with van der Waals surface area (Å²) in [4.78, 5) is 21.4. The van der Waals surface area contributed by atoms with Crippen molar-refractivity contribution in [2.45, 2.75) is 6.18 Å². The molecule has 3 heterocycles. The lowest BCUT2D eigenvalue weighted by Gasteiger charge is -2.11. The molecule has 2 N–H and O–H groups in total. The Kier molecular flexibility index (Phi) is 3.09. The van der Waals surface area contributed by atoms with E-state index in [4.69, 9.17) is 0 Å². The van der Waals surface area contributed by atoms with Gasteiger partial charge in [0.15, 0.2) is 0 Å². The lowest BCUT2D eigenvalue weighted by Crippen LogP contribution is -2.09. The lowest BCUT2D eigenvalue weighted by atomic mass is 10.1. The van der Waals surface area contributed by atoms with E-state index in [1.165, 1.54) is 24.4 Å². The molecule has 0 unspecified atom stereocenters. The van der Waals surface area contributed by atoms with Crippen molar-refractivity contribution in [1.82, 2.24) is 15.0 Å². The summed E-state index contributed by atoms with van der Waals surface area (Å²) in [5, 5.41) is 9.87. The highest BCUT2D eigenvalue weighted by Crippen LogP contribution is 2.35. The van der Waals surface area contributed by atoms with Crippen molar-refractivity contribution < 1.29 is 18.3 Å². The van der Waals surface area contributed by atoms with Gasteiger partial charge in [0.1, 0.15) is 17.1 Å². The molecule has 8 heteroatoms. The minimum atomic E-state index is -4.58. The van der Waals surface area contributed by atoms with Crippen LogP contribution in [0.25, 0.3) is 22.4 Å². The Bertz CT molecular complexity index is 919. The van der Waals surface area contributed by atoms with E-state index in [1.807, 2.05) is 0 Å². The zero-order valence-corrected chi connectivity index (χ0v) is 10.8. The third-order valence-corrected chi connectivity index (χ3v) is 3.04. The second-order valence-electron chi connectivity index (χ2n) is 4.51. The predicted octanol–water partition coefficient (Wildman–Crippen LogP) is 2.71. The van der Waals surface area contributed by atoms with Crippen LogP contribution in [0.4, 0.5) is 13.2 Å². The molecule has 0 aliphatic heterocycles. The topological polar surface area (TPSA) is 78.9 Å². The van der Waals surface area contributed by atoms with E-state index in [-0.39, 0.29) is 28.2 Å². The molecule has 5 nitrogen and oxygen atoms in total. The molecule has 3 aromatic heterocycles. The summed E-state index contributed by atoms with van der Waals surface area (Å²) in [6.07, 6.45) is -3.35. The van der Waals surface area contributed by atoms with Gasteiger partial charge < -0.3 is 10.1 Å². The average Bonchev–Trinajstić information content (AvgIpc) is 2.45. The number of hydrogen-bond donors (Lipinski definition) is 2. The molecular formula is C14H8F3N3O2. The highest BCUT2D eigenvalue weighted by molar-refractivity contribution is 5.83. The number of aromatic hydroxyl groups is 1. The molecule has 0 aliphatic carbocycles. The molecule has 3 rings (SSSR count). The zero-order chi connectivity index (χ0) is 15.9. The molecule has 0 bridgehead atoms. The van der Waals surface area contributed by atoms with Crippen LogP contribution in [0.5, 0.6) is 5.75 Å². The number of aromatic amines is 1. The molecule has 0 aliphatic rings. The smallest absolute Gasteiger partial charge is 0.418 e. The van der Waals surface area contributed by atoms with Gasteiger partial charge >= 0.3 is 6.18 Å². The third-order valence-electron chi connectivity index (χ3n) is 3.04. The van der Waals surface area contributed by atoms with Crippen molar-refractivity contribution in [2.75, 3.05) is 0 Å². The number of halogens is 3. The Balaban J connectivity index is 2.26. The largest absolute Gasteiger partial charge is 0.507 e. The van der Waals surface area contributed by atoms with Crippen molar-refractivity contribution >= 4 is 11.0 Å². The molecule has 0 spiro atoms. The number of pyridine rings is 3. The van der Waals surface area contributed by atoms with E-state index in [1.54, 1.807) is 0 Å². The third kappa shape index (κ3) is 2.39. The number of nitrogens with zero attached hydrogens (tertiary/aromatic N) is 2. The molecule has 0 saturated heterocycles. The summed E-state index contributed by atoms with van der Waals surface area (Å²) in [6, 6.07) is 5.72. The number of H-pyrrole nitrogens is 1. The van der Waals surface area contributed by atoms with Crippen LogP contribution in [0.15, 0.2) is 41.3 Å². The number of rotatable bonds is 1. The predicted molar refractivity (Wildman–Crippen MR) is 72.3 cm³/mol. The van der Waals surface area contributed by atoms with Gasteiger partial charge in [-0.1, -0.05) is 0 Å².